The number of halogens is 1. The molecular weight excluding hydrogens is 225 g/mol. The average molecular weight is 239 g/mol. The Morgan fingerprint density at radius 3 is 2.94 bits per heavy atom. The van der Waals surface area contributed by atoms with E-state index in [9.17, 15) is 9.18 Å². The minimum atomic E-state index is -0.470. The highest BCUT2D eigenvalue weighted by atomic mass is 19.1. The molecule has 92 valence electrons. The maximum absolute atomic E-state index is 13.6. The summed E-state index contributed by atoms with van der Waals surface area (Å²) in [6.45, 7) is 2.40. The fourth-order valence-corrected chi connectivity index (χ4v) is 1.48. The van der Waals surface area contributed by atoms with Crippen LogP contribution < -0.4 is 5.49 Å². The van der Waals surface area contributed by atoms with Crippen LogP contribution in [0.4, 0.5) is 4.39 Å². The molecule has 1 aromatic rings. The molecule has 5 nitrogen and oxygen atoms in total. The Morgan fingerprint density at radius 1 is 1.65 bits per heavy atom. The maximum atomic E-state index is 13.6. The molecule has 1 heterocycles. The van der Waals surface area contributed by atoms with Crippen molar-refractivity contribution in [3.8, 4) is 0 Å². The first-order valence-electron chi connectivity index (χ1n) is 5.09. The van der Waals surface area contributed by atoms with E-state index in [2.05, 4.69) is 4.74 Å². The molecule has 0 aliphatic rings. The van der Waals surface area contributed by atoms with Crippen LogP contribution in [-0.4, -0.2) is 24.0 Å². The number of hydrogen-bond donors (Lipinski definition) is 2. The van der Waals surface area contributed by atoms with Crippen molar-refractivity contribution in [2.24, 2.45) is 5.92 Å². The van der Waals surface area contributed by atoms with Crippen LogP contribution in [0.1, 0.15) is 12.5 Å². The number of pyridine rings is 1. The number of carbonyl (C=O) groups excluding carboxylic acids is 1. The summed E-state index contributed by atoms with van der Waals surface area (Å²) in [6.07, 6.45) is 2.34. The first kappa shape index (κ1) is 13.1. The second-order valence-corrected chi connectivity index (χ2v) is 3.81. The van der Waals surface area contributed by atoms with E-state index in [1.54, 1.807) is 0 Å². The van der Waals surface area contributed by atoms with E-state index in [4.69, 9.17) is 10.8 Å². The van der Waals surface area contributed by atoms with E-state index >= 15 is 0 Å². The SMILES string of the molecule is CC(COC=O)Cc1cc(=N)n(C=N)cc1F. The molecule has 0 aliphatic carbocycles. The van der Waals surface area contributed by atoms with Crippen LogP contribution in [0.25, 0.3) is 0 Å². The van der Waals surface area contributed by atoms with Crippen molar-refractivity contribution in [2.45, 2.75) is 13.3 Å². The Bertz CT molecular complexity index is 470. The van der Waals surface area contributed by atoms with Gasteiger partial charge < -0.3 is 4.74 Å². The molecule has 0 saturated heterocycles. The monoisotopic (exact) mass is 239 g/mol. The van der Waals surface area contributed by atoms with Crippen LogP contribution in [0.2, 0.25) is 0 Å². The van der Waals surface area contributed by atoms with Crippen molar-refractivity contribution in [1.29, 1.82) is 10.8 Å². The van der Waals surface area contributed by atoms with Gasteiger partial charge in [0, 0.05) is 6.20 Å². The minimum absolute atomic E-state index is 0.0232. The summed E-state index contributed by atoms with van der Waals surface area (Å²) in [7, 11) is 0. The highest BCUT2D eigenvalue weighted by Gasteiger charge is 2.09. The number of nitrogens with one attached hydrogen (secondary N) is 2. The van der Waals surface area contributed by atoms with E-state index in [1.165, 1.54) is 6.07 Å². The molecule has 1 atom stereocenters. The van der Waals surface area contributed by atoms with Crippen LogP contribution in [0.3, 0.4) is 0 Å². The lowest BCUT2D eigenvalue weighted by molar-refractivity contribution is -0.129. The summed E-state index contributed by atoms with van der Waals surface area (Å²) in [5.74, 6) is -0.493. The van der Waals surface area contributed by atoms with E-state index in [0.29, 0.717) is 18.5 Å². The molecule has 0 bridgehead atoms. The zero-order chi connectivity index (χ0) is 12.8. The van der Waals surface area contributed by atoms with Crippen LogP contribution in [0.5, 0.6) is 0 Å². The summed E-state index contributed by atoms with van der Waals surface area (Å²) in [4.78, 5) is 10.0. The van der Waals surface area contributed by atoms with Gasteiger partial charge in [0.1, 0.15) is 11.3 Å². The number of aromatic nitrogens is 1. The van der Waals surface area contributed by atoms with Crippen molar-refractivity contribution in [1.82, 2.24) is 4.57 Å². The van der Waals surface area contributed by atoms with Gasteiger partial charge in [0.15, 0.2) is 0 Å². The number of hydrogen-bond acceptors (Lipinski definition) is 4. The number of ether oxygens (including phenoxy) is 1. The third kappa shape index (κ3) is 3.51. The Hall–Kier alpha value is -1.98. The van der Waals surface area contributed by atoms with Gasteiger partial charge >= 0.3 is 0 Å². The molecule has 0 aromatic carbocycles. The molecule has 1 rings (SSSR count). The van der Waals surface area contributed by atoms with Crippen LogP contribution in [0.15, 0.2) is 12.3 Å². The van der Waals surface area contributed by atoms with Gasteiger partial charge in [0.2, 0.25) is 0 Å². The average Bonchev–Trinajstić information content (AvgIpc) is 2.30. The molecule has 2 N–H and O–H groups in total. The quantitative estimate of drug-likeness (QED) is 0.439. The highest BCUT2D eigenvalue weighted by molar-refractivity contribution is 5.53. The molecule has 6 heteroatoms. The number of rotatable bonds is 6. The Morgan fingerprint density at radius 2 is 2.35 bits per heavy atom. The van der Waals surface area contributed by atoms with E-state index < -0.39 is 5.82 Å². The molecule has 17 heavy (non-hydrogen) atoms. The van der Waals surface area contributed by atoms with Crippen molar-refractivity contribution in [3.63, 3.8) is 0 Å². The predicted octanol–water partition coefficient (Wildman–Crippen LogP) is 0.913. The van der Waals surface area contributed by atoms with Gasteiger partial charge in [-0.3, -0.25) is 20.2 Å². The van der Waals surface area contributed by atoms with Crippen LogP contribution in [-0.2, 0) is 16.0 Å². The zero-order valence-corrected chi connectivity index (χ0v) is 9.44. The second kappa shape index (κ2) is 5.93. The summed E-state index contributed by atoms with van der Waals surface area (Å²) >= 11 is 0. The van der Waals surface area contributed by atoms with Gasteiger partial charge in [-0.25, -0.2) is 4.39 Å². The highest BCUT2D eigenvalue weighted by Crippen LogP contribution is 2.10. The first-order chi connectivity index (χ1) is 8.08. The molecule has 0 fully saturated rings. The second-order valence-electron chi connectivity index (χ2n) is 3.81. The standard InChI is InChI=1S/C11H14FN3O2/c1-8(5-17-7-16)2-9-3-11(14)15(6-13)4-10(9)12/h3-4,6-8,13-14H,2,5H2,1H3. The van der Waals surface area contributed by atoms with Crippen molar-refractivity contribution in [2.75, 3.05) is 6.61 Å². The summed E-state index contributed by atoms with van der Waals surface area (Å²) in [5, 5.41) is 14.5. The smallest absolute Gasteiger partial charge is 0.293 e. The third-order valence-electron chi connectivity index (χ3n) is 2.30. The normalized spacial score (nSPS) is 11.9. The summed E-state index contributed by atoms with van der Waals surface area (Å²) in [5.41, 5.74) is 0.426. The third-order valence-corrected chi connectivity index (χ3v) is 2.30. The Balaban J connectivity index is 2.84. The van der Waals surface area contributed by atoms with Gasteiger partial charge in [0.05, 0.1) is 12.9 Å². The number of carbonyl (C=O) groups is 1. The maximum Gasteiger partial charge on any atom is 0.293 e. The van der Waals surface area contributed by atoms with Gasteiger partial charge in [-0.05, 0) is 24.0 Å². The Kier molecular flexibility index (Phi) is 4.56. The molecule has 0 radical (unpaired) electrons. The molecule has 1 unspecified atom stereocenters. The van der Waals surface area contributed by atoms with Crippen molar-refractivity contribution in [3.05, 3.63) is 29.1 Å². The fraction of sp³-hybridized carbons (Fsp3) is 0.364. The molecule has 0 amide bonds. The minimum Gasteiger partial charge on any atom is -0.468 e. The topological polar surface area (TPSA) is 78.9 Å². The van der Waals surface area contributed by atoms with E-state index in [-0.39, 0.29) is 18.0 Å². The van der Waals surface area contributed by atoms with Crippen molar-refractivity contribution >= 4 is 12.8 Å². The number of nitrogens with zero attached hydrogens (tertiary/aromatic N) is 1. The molecule has 1 aromatic heterocycles. The lowest BCUT2D eigenvalue weighted by Crippen LogP contribution is -2.21. The lowest BCUT2D eigenvalue weighted by atomic mass is 10.0. The van der Waals surface area contributed by atoms with E-state index in [1.807, 2.05) is 6.92 Å². The Labute approximate surface area is 97.9 Å². The predicted molar refractivity (Wildman–Crippen MR) is 59.3 cm³/mol. The molecular formula is C11H14FN3O2. The summed E-state index contributed by atoms with van der Waals surface area (Å²) < 4.78 is 19.2. The van der Waals surface area contributed by atoms with E-state index in [0.717, 1.165) is 17.1 Å². The van der Waals surface area contributed by atoms with Gasteiger partial charge in [-0.1, -0.05) is 6.92 Å². The fourth-order valence-electron chi connectivity index (χ4n) is 1.48. The van der Waals surface area contributed by atoms with Gasteiger partial charge in [-0.15, -0.1) is 0 Å². The van der Waals surface area contributed by atoms with Crippen molar-refractivity contribution < 1.29 is 13.9 Å². The lowest BCUT2D eigenvalue weighted by Gasteiger charge is -2.11. The van der Waals surface area contributed by atoms with Gasteiger partial charge in [-0.2, -0.15) is 0 Å². The first-order valence-corrected chi connectivity index (χ1v) is 5.09. The van der Waals surface area contributed by atoms with Gasteiger partial charge in [0.25, 0.3) is 6.47 Å². The van der Waals surface area contributed by atoms with Crippen LogP contribution in [0, 0.1) is 22.6 Å². The molecule has 0 saturated carbocycles. The zero-order valence-electron chi connectivity index (χ0n) is 9.44. The molecule has 0 aliphatic heterocycles. The molecule has 0 spiro atoms. The summed E-state index contributed by atoms with van der Waals surface area (Å²) in [6, 6.07) is 1.37. The van der Waals surface area contributed by atoms with Crippen LogP contribution >= 0.6 is 0 Å². The largest absolute Gasteiger partial charge is 0.468 e.